The number of para-hydroxylation sites is 2. The third kappa shape index (κ3) is 22.0. The second-order valence-corrected chi connectivity index (χ2v) is 6.74. The molecule has 13 heteroatoms. The number of fused-ring (bicyclic) bond motifs is 2. The predicted molar refractivity (Wildman–Crippen MR) is 114 cm³/mol. The van der Waals surface area contributed by atoms with Gasteiger partial charge in [-0.2, -0.15) is 30.3 Å². The minimum Gasteiger partial charge on any atom is -0.351 e. The van der Waals surface area contributed by atoms with Crippen LogP contribution in [-0.4, -0.2) is 24.4 Å². The summed E-state index contributed by atoms with van der Waals surface area (Å²) < 4.78 is 2.16. The van der Waals surface area contributed by atoms with E-state index in [9.17, 15) is 0 Å². The van der Waals surface area contributed by atoms with Crippen LogP contribution in [0, 0.1) is 6.07 Å². The summed E-state index contributed by atoms with van der Waals surface area (Å²) in [7, 11) is 2.08. The first-order chi connectivity index (χ1) is 13.3. The van der Waals surface area contributed by atoms with Crippen LogP contribution in [0.1, 0.15) is 17.5 Å². The Hall–Kier alpha value is 9.01. The van der Waals surface area contributed by atoms with E-state index in [0.29, 0.717) is 0 Å². The fourth-order valence-corrected chi connectivity index (χ4v) is 3.53. The molecule has 2 aromatic rings. The van der Waals surface area contributed by atoms with E-state index in [1.165, 1.54) is 22.4 Å². The van der Waals surface area contributed by atoms with Crippen LogP contribution in [0.3, 0.4) is 0 Å². The van der Waals surface area contributed by atoms with Gasteiger partial charge < -0.3 is 9.48 Å². The van der Waals surface area contributed by atoms with Gasteiger partial charge in [0.2, 0.25) is 0 Å². The van der Waals surface area contributed by atoms with Gasteiger partial charge in [-0.25, -0.2) is 0 Å². The van der Waals surface area contributed by atoms with E-state index in [1.54, 1.807) is 0 Å². The number of benzene rings is 2. The van der Waals surface area contributed by atoms with Gasteiger partial charge in [0.05, 0.1) is 0 Å². The molecule has 0 atom stereocenters. The SMILES string of the molecule is CN1C=C\C(=C/C=C/C=C/[C-]=[N+]2CCCc3ccc[c-]c32)c2ccccc21.[Y].[Y].[Y].[Y].[Y].[Y].[Y].[Y].[Y].[Y].[Y]. The molecule has 0 aromatic heterocycles. The molecular formula is C25H23N2Y11-. The minimum atomic E-state index is 0. The van der Waals surface area contributed by atoms with E-state index in [-0.39, 0.29) is 360 Å². The predicted octanol–water partition coefficient (Wildman–Crippen LogP) is 5.16. The maximum atomic E-state index is 3.37. The summed E-state index contributed by atoms with van der Waals surface area (Å²) in [4.78, 5) is 2.15. The van der Waals surface area contributed by atoms with Gasteiger partial charge in [-0.3, -0.25) is 0 Å². The second-order valence-electron chi connectivity index (χ2n) is 6.74. The number of rotatable bonds is 3. The number of aryl methyl sites for hydroxylation is 1. The van der Waals surface area contributed by atoms with Gasteiger partial charge in [-0.05, 0) is 29.8 Å². The first kappa shape index (κ1) is 65.4. The second kappa shape index (κ2) is 38.8. The number of nitrogens with zero attached hydrogens (tertiary/aromatic N) is 2. The Morgan fingerprint density at radius 1 is 0.816 bits per heavy atom. The summed E-state index contributed by atoms with van der Waals surface area (Å²) in [6, 6.07) is 18.0. The number of anilines is 1. The van der Waals surface area contributed by atoms with Crippen molar-refractivity contribution in [1.29, 1.82) is 0 Å². The summed E-state index contributed by atoms with van der Waals surface area (Å²) in [6.45, 7) is 1.00. The van der Waals surface area contributed by atoms with Gasteiger partial charge in [0.25, 0.3) is 0 Å². The van der Waals surface area contributed by atoms with Gasteiger partial charge in [0, 0.05) is 384 Å². The molecule has 2 heterocycles. The quantitative estimate of drug-likeness (QED) is 0.235. The van der Waals surface area contributed by atoms with Gasteiger partial charge in [0.1, 0.15) is 12.8 Å². The fourth-order valence-electron chi connectivity index (χ4n) is 3.53. The van der Waals surface area contributed by atoms with Crippen molar-refractivity contribution < 1.29 is 364 Å². The van der Waals surface area contributed by atoms with Crippen LogP contribution in [-0.2, 0) is 366 Å². The van der Waals surface area contributed by atoms with Crippen molar-refractivity contribution in [2.75, 3.05) is 18.5 Å². The van der Waals surface area contributed by atoms with E-state index in [0.717, 1.165) is 25.1 Å². The zero-order valence-electron chi connectivity index (χ0n) is 21.9. The fraction of sp³-hybridized carbons (Fsp3) is 0.160. The van der Waals surface area contributed by atoms with Crippen LogP contribution in [0.15, 0.2) is 85.1 Å². The molecule has 2 aliphatic rings. The summed E-state index contributed by atoms with van der Waals surface area (Å²) in [6.07, 6.45) is 20.2. The van der Waals surface area contributed by atoms with Crippen LogP contribution in [0.25, 0.3) is 5.57 Å². The van der Waals surface area contributed by atoms with E-state index in [4.69, 9.17) is 0 Å². The third-order valence-corrected chi connectivity index (χ3v) is 4.91. The van der Waals surface area contributed by atoms with Crippen molar-refractivity contribution in [2.45, 2.75) is 12.8 Å². The molecule has 0 spiro atoms. The molecule has 0 amide bonds. The van der Waals surface area contributed by atoms with E-state index >= 15 is 0 Å². The largest absolute Gasteiger partial charge is 0.351 e. The molecule has 0 bridgehead atoms. The normalized spacial score (nSPS) is 13.7. The van der Waals surface area contributed by atoms with Gasteiger partial charge >= 0.3 is 0 Å². The molecule has 38 heavy (non-hydrogen) atoms. The Balaban J connectivity index is -0.000000136. The summed E-state index contributed by atoms with van der Waals surface area (Å²) in [5, 5.41) is 0. The van der Waals surface area contributed by atoms with Crippen LogP contribution in [0.2, 0.25) is 0 Å². The Bertz CT molecular complexity index is 1010. The van der Waals surface area contributed by atoms with Gasteiger partial charge in [-0.15, -0.1) is 17.7 Å². The van der Waals surface area contributed by atoms with Crippen LogP contribution >= 0.6 is 0 Å². The minimum absolute atomic E-state index is 0. The number of allylic oxidation sites excluding steroid dienone is 7. The molecule has 0 saturated carbocycles. The number of hydrogen-bond acceptors (Lipinski definition) is 1. The maximum Gasteiger partial charge on any atom is 0.123 e. The van der Waals surface area contributed by atoms with Gasteiger partial charge in [0.15, 0.2) is 0 Å². The zero-order chi connectivity index (χ0) is 18.5. The molecule has 11 radical (unpaired) electrons. The molecule has 0 saturated heterocycles. The Morgan fingerprint density at radius 2 is 1.47 bits per heavy atom. The van der Waals surface area contributed by atoms with Gasteiger partial charge in [-0.1, -0.05) is 36.8 Å². The molecule has 167 valence electrons. The van der Waals surface area contributed by atoms with Crippen molar-refractivity contribution in [2.24, 2.45) is 0 Å². The topological polar surface area (TPSA) is 6.25 Å². The van der Waals surface area contributed by atoms with E-state index < -0.39 is 0 Å². The average Bonchev–Trinajstić information content (AvgIpc) is 2.72. The third-order valence-electron chi connectivity index (χ3n) is 4.91. The number of hydrogen-bond donors (Lipinski definition) is 0. The van der Waals surface area contributed by atoms with Crippen LogP contribution < -0.4 is 4.90 Å². The smallest absolute Gasteiger partial charge is 0.123 e. The maximum absolute atomic E-state index is 3.37. The summed E-state index contributed by atoms with van der Waals surface area (Å²) in [5.74, 6) is 0. The standard InChI is InChI=1S/C25H23N2.11Y/c1-26-20-17-21(23-14-6-8-16-25(23)26)11-4-2-3-9-18-27-19-10-13-22-12-5-7-15-24(22)27;;;;;;;;;;;/h2-9,11-12,14,16-17,20H,10,13,19H2,1H3;;;;;;;;;;;/q-1;;;;;;;;;;;/b4-2+,9-3+,21-11+;;;;;;;;;;;. The van der Waals surface area contributed by atoms with Crippen molar-refractivity contribution in [3.63, 3.8) is 0 Å². The molecule has 0 aliphatic carbocycles. The van der Waals surface area contributed by atoms with Crippen molar-refractivity contribution >= 4 is 23.2 Å². The molecule has 2 aromatic carbocycles. The molecule has 2 nitrogen and oxygen atoms in total. The molecule has 0 fully saturated rings. The first-order valence-electron chi connectivity index (χ1n) is 9.40. The van der Waals surface area contributed by atoms with Crippen molar-refractivity contribution in [3.05, 3.63) is 102 Å². The zero-order valence-corrected chi connectivity index (χ0v) is 53.2. The Kier molecular flexibility index (Phi) is 66.8. The molecule has 2 aliphatic heterocycles. The van der Waals surface area contributed by atoms with E-state index in [1.807, 2.05) is 24.3 Å². The Labute approximate surface area is 507 Å². The average molecular weight is 1330 g/mol. The molecule has 0 N–H and O–H groups in total. The van der Waals surface area contributed by atoms with Crippen LogP contribution in [0.5, 0.6) is 0 Å². The monoisotopic (exact) mass is 1330 g/mol. The molecule has 4 rings (SSSR count). The van der Waals surface area contributed by atoms with E-state index in [2.05, 4.69) is 89.6 Å². The molecular weight excluding hydrogens is 1310 g/mol. The van der Waals surface area contributed by atoms with Crippen molar-refractivity contribution in [1.82, 2.24) is 0 Å². The summed E-state index contributed by atoms with van der Waals surface area (Å²) in [5.41, 5.74) is 6.23. The first-order valence-corrected chi connectivity index (χ1v) is 9.40. The van der Waals surface area contributed by atoms with Crippen molar-refractivity contribution in [3.8, 4) is 0 Å². The van der Waals surface area contributed by atoms with Crippen LogP contribution in [0.4, 0.5) is 11.4 Å². The Morgan fingerprint density at radius 3 is 2.16 bits per heavy atom. The summed E-state index contributed by atoms with van der Waals surface area (Å²) >= 11 is 0. The molecule has 0 unspecified atom stereocenters.